The lowest BCUT2D eigenvalue weighted by molar-refractivity contribution is 0.296. The highest BCUT2D eigenvalue weighted by Gasteiger charge is 2.15. The first-order valence-corrected chi connectivity index (χ1v) is 8.76. The number of hydrogen-bond acceptors (Lipinski definition) is 4. The minimum absolute atomic E-state index is 0.535. The third-order valence-electron chi connectivity index (χ3n) is 3.77. The summed E-state index contributed by atoms with van der Waals surface area (Å²) in [6.45, 7) is 6.37. The van der Waals surface area contributed by atoms with Gasteiger partial charge in [0.1, 0.15) is 0 Å². The zero-order valence-corrected chi connectivity index (χ0v) is 14.9. The summed E-state index contributed by atoms with van der Waals surface area (Å²) in [6, 6.07) is 4.17. The molecule has 0 fully saturated rings. The van der Waals surface area contributed by atoms with E-state index in [4.69, 9.17) is 9.47 Å². The quantitative estimate of drug-likeness (QED) is 0.836. The average Bonchev–Trinajstić information content (AvgIpc) is 2.90. The van der Waals surface area contributed by atoms with Gasteiger partial charge in [0.25, 0.3) is 0 Å². The molecule has 124 valence electrons. The zero-order valence-electron chi connectivity index (χ0n) is 13.3. The van der Waals surface area contributed by atoms with E-state index in [1.54, 1.807) is 0 Å². The van der Waals surface area contributed by atoms with E-state index in [0.717, 1.165) is 42.0 Å². The van der Waals surface area contributed by atoms with Gasteiger partial charge in [0.2, 0.25) is 0 Å². The lowest BCUT2D eigenvalue weighted by Crippen LogP contribution is -2.23. The number of rotatable bonds is 6. The molecule has 0 spiro atoms. The number of imidazole rings is 1. The van der Waals surface area contributed by atoms with Crippen LogP contribution in [0, 0.1) is 5.92 Å². The fraction of sp³-hybridized carbons (Fsp3) is 0.471. The summed E-state index contributed by atoms with van der Waals surface area (Å²) in [5.74, 6) is 2.19. The molecule has 0 aliphatic carbocycles. The molecule has 1 unspecified atom stereocenters. The van der Waals surface area contributed by atoms with Crippen LogP contribution in [0.1, 0.15) is 18.9 Å². The molecule has 6 heteroatoms. The predicted molar refractivity (Wildman–Crippen MR) is 92.8 cm³/mol. The van der Waals surface area contributed by atoms with Crippen molar-refractivity contribution in [2.75, 3.05) is 19.8 Å². The van der Waals surface area contributed by atoms with Crippen molar-refractivity contribution in [3.05, 3.63) is 40.9 Å². The monoisotopic (exact) mass is 379 g/mol. The predicted octanol–water partition coefficient (Wildman–Crippen LogP) is 3.23. The first-order valence-electron chi connectivity index (χ1n) is 7.97. The first-order chi connectivity index (χ1) is 11.2. The van der Waals surface area contributed by atoms with E-state index in [1.165, 1.54) is 5.56 Å². The smallest absolute Gasteiger partial charge is 0.175 e. The molecule has 1 aromatic carbocycles. The second kappa shape index (κ2) is 7.84. The molecule has 1 aromatic heterocycles. The van der Waals surface area contributed by atoms with E-state index in [1.807, 2.05) is 18.7 Å². The molecule has 0 radical (unpaired) electrons. The van der Waals surface area contributed by atoms with Crippen molar-refractivity contribution in [3.8, 4) is 11.5 Å². The summed E-state index contributed by atoms with van der Waals surface area (Å²) in [4.78, 5) is 4.07. The van der Waals surface area contributed by atoms with Gasteiger partial charge < -0.3 is 19.4 Å². The lowest BCUT2D eigenvalue weighted by atomic mass is 10.1. The Hall–Kier alpha value is -1.53. The number of ether oxygens (including phenoxy) is 2. The largest absolute Gasteiger partial charge is 0.490 e. The van der Waals surface area contributed by atoms with Gasteiger partial charge in [-0.25, -0.2) is 4.98 Å². The normalized spacial score (nSPS) is 15.2. The Morgan fingerprint density at radius 1 is 1.35 bits per heavy atom. The number of nitrogens with zero attached hydrogens (tertiary/aromatic N) is 2. The van der Waals surface area contributed by atoms with Gasteiger partial charge in [0, 0.05) is 31.9 Å². The van der Waals surface area contributed by atoms with E-state index < -0.39 is 0 Å². The summed E-state index contributed by atoms with van der Waals surface area (Å²) in [6.07, 6.45) is 6.59. The topological polar surface area (TPSA) is 48.3 Å². The summed E-state index contributed by atoms with van der Waals surface area (Å²) < 4.78 is 14.6. The molecule has 1 aliphatic heterocycles. The van der Waals surface area contributed by atoms with Crippen molar-refractivity contribution in [2.45, 2.75) is 26.4 Å². The van der Waals surface area contributed by atoms with E-state index in [9.17, 15) is 0 Å². The van der Waals surface area contributed by atoms with Crippen molar-refractivity contribution in [1.82, 2.24) is 14.9 Å². The number of benzene rings is 1. The van der Waals surface area contributed by atoms with Crippen molar-refractivity contribution in [3.63, 3.8) is 0 Å². The van der Waals surface area contributed by atoms with E-state index >= 15 is 0 Å². The molecule has 5 nitrogen and oxygen atoms in total. The Morgan fingerprint density at radius 2 is 2.22 bits per heavy atom. The standard InChI is InChI=1S/C17H22BrN3O2/c1-13(11-21-4-3-19-12-21)9-20-10-14-7-15(18)17-16(8-14)22-5-2-6-23-17/h3-4,7-8,12-13,20H,2,5-6,9-11H2,1H3. The van der Waals surface area contributed by atoms with E-state index in [2.05, 4.69) is 49.9 Å². The van der Waals surface area contributed by atoms with Crippen molar-refractivity contribution in [2.24, 2.45) is 5.92 Å². The highest BCUT2D eigenvalue weighted by molar-refractivity contribution is 9.10. The maximum absolute atomic E-state index is 5.77. The highest BCUT2D eigenvalue weighted by Crippen LogP contribution is 2.38. The first kappa shape index (κ1) is 16.3. The van der Waals surface area contributed by atoms with Crippen LogP contribution >= 0.6 is 15.9 Å². The maximum Gasteiger partial charge on any atom is 0.175 e. The third kappa shape index (κ3) is 4.48. The summed E-state index contributed by atoms with van der Waals surface area (Å²) >= 11 is 3.59. The molecular formula is C17H22BrN3O2. The molecular weight excluding hydrogens is 358 g/mol. The van der Waals surface area contributed by atoms with Gasteiger partial charge in [-0.1, -0.05) is 6.92 Å². The van der Waals surface area contributed by atoms with Crippen LogP contribution in [-0.4, -0.2) is 29.3 Å². The van der Waals surface area contributed by atoms with E-state index in [0.29, 0.717) is 19.1 Å². The molecule has 1 atom stereocenters. The van der Waals surface area contributed by atoms with Crippen LogP contribution in [0.15, 0.2) is 35.3 Å². The molecule has 0 amide bonds. The van der Waals surface area contributed by atoms with Gasteiger partial charge in [-0.2, -0.15) is 0 Å². The van der Waals surface area contributed by atoms with E-state index in [-0.39, 0.29) is 0 Å². The van der Waals surface area contributed by atoms with Crippen molar-refractivity contribution in [1.29, 1.82) is 0 Å². The zero-order chi connectivity index (χ0) is 16.1. The average molecular weight is 380 g/mol. The summed E-state index contributed by atoms with van der Waals surface area (Å²) in [7, 11) is 0. The maximum atomic E-state index is 5.77. The third-order valence-corrected chi connectivity index (χ3v) is 4.35. The Morgan fingerprint density at radius 3 is 3.04 bits per heavy atom. The number of nitrogens with one attached hydrogen (secondary N) is 1. The van der Waals surface area contributed by atoms with Crippen LogP contribution in [0.4, 0.5) is 0 Å². The van der Waals surface area contributed by atoms with Gasteiger partial charge in [-0.05, 0) is 46.1 Å². The minimum Gasteiger partial charge on any atom is -0.490 e. The molecule has 2 heterocycles. The molecule has 2 aromatic rings. The van der Waals surface area contributed by atoms with Crippen LogP contribution < -0.4 is 14.8 Å². The van der Waals surface area contributed by atoms with Crippen LogP contribution in [0.5, 0.6) is 11.5 Å². The van der Waals surface area contributed by atoms with Gasteiger partial charge in [-0.3, -0.25) is 0 Å². The number of halogens is 1. The van der Waals surface area contributed by atoms with Crippen molar-refractivity contribution >= 4 is 15.9 Å². The van der Waals surface area contributed by atoms with Gasteiger partial charge in [-0.15, -0.1) is 0 Å². The van der Waals surface area contributed by atoms with Crippen LogP contribution in [0.3, 0.4) is 0 Å². The SMILES string of the molecule is CC(CNCc1cc(Br)c2c(c1)OCCCO2)Cn1ccnc1. The molecule has 0 bridgehead atoms. The fourth-order valence-electron chi connectivity index (χ4n) is 2.67. The van der Waals surface area contributed by atoms with Gasteiger partial charge in [0.15, 0.2) is 11.5 Å². The minimum atomic E-state index is 0.535. The molecule has 23 heavy (non-hydrogen) atoms. The fourth-order valence-corrected chi connectivity index (χ4v) is 3.27. The number of fused-ring (bicyclic) bond motifs is 1. The van der Waals surface area contributed by atoms with Gasteiger partial charge >= 0.3 is 0 Å². The second-order valence-corrected chi connectivity index (χ2v) is 6.81. The Balaban J connectivity index is 1.54. The summed E-state index contributed by atoms with van der Waals surface area (Å²) in [5.41, 5.74) is 1.19. The Bertz CT molecular complexity index is 631. The molecule has 1 N–H and O–H groups in total. The Kier molecular flexibility index (Phi) is 5.56. The highest BCUT2D eigenvalue weighted by atomic mass is 79.9. The number of hydrogen-bond donors (Lipinski definition) is 1. The molecule has 0 saturated heterocycles. The lowest BCUT2D eigenvalue weighted by Gasteiger charge is -2.15. The van der Waals surface area contributed by atoms with Crippen LogP contribution in [-0.2, 0) is 13.1 Å². The summed E-state index contributed by atoms with van der Waals surface area (Å²) in [5, 5.41) is 3.51. The van der Waals surface area contributed by atoms with Crippen molar-refractivity contribution < 1.29 is 9.47 Å². The molecule has 1 aliphatic rings. The van der Waals surface area contributed by atoms with Gasteiger partial charge in [0.05, 0.1) is 24.0 Å². The Labute approximate surface area is 145 Å². The van der Waals surface area contributed by atoms with Crippen LogP contribution in [0.25, 0.3) is 0 Å². The second-order valence-electron chi connectivity index (χ2n) is 5.95. The molecule has 3 rings (SSSR count). The van der Waals surface area contributed by atoms with Crippen LogP contribution in [0.2, 0.25) is 0 Å². The number of aromatic nitrogens is 2. The molecule has 0 saturated carbocycles.